The van der Waals surface area contributed by atoms with Crippen LogP contribution in [0.2, 0.25) is 0 Å². The number of methoxy groups -OCH3 is 1. The van der Waals surface area contributed by atoms with Crippen LogP contribution in [0.4, 0.5) is 5.82 Å². The molecule has 80 valence electrons. The predicted molar refractivity (Wildman–Crippen MR) is 58.4 cm³/mol. The van der Waals surface area contributed by atoms with Gasteiger partial charge >= 0.3 is 5.97 Å². The van der Waals surface area contributed by atoms with E-state index >= 15 is 0 Å². The third-order valence-corrected chi connectivity index (χ3v) is 1.86. The molecular weight excluding hydrogens is 192 g/mol. The van der Waals surface area contributed by atoms with E-state index in [-0.39, 0.29) is 5.97 Å². The van der Waals surface area contributed by atoms with Crippen molar-refractivity contribution in [2.45, 2.75) is 13.8 Å². The molecule has 0 amide bonds. The summed E-state index contributed by atoms with van der Waals surface area (Å²) in [5.74, 6) is 0.365. The van der Waals surface area contributed by atoms with Gasteiger partial charge in [-0.15, -0.1) is 0 Å². The molecule has 1 rings (SSSR count). The summed E-state index contributed by atoms with van der Waals surface area (Å²) in [7, 11) is 1.35. The minimum atomic E-state index is -0.381. The van der Waals surface area contributed by atoms with Crippen LogP contribution in [0.3, 0.4) is 0 Å². The van der Waals surface area contributed by atoms with Crippen molar-refractivity contribution < 1.29 is 9.53 Å². The number of nitrogens with one attached hydrogen (secondary N) is 1. The molecule has 0 aromatic carbocycles. The van der Waals surface area contributed by atoms with Gasteiger partial charge in [-0.2, -0.15) is 0 Å². The van der Waals surface area contributed by atoms with E-state index in [1.165, 1.54) is 13.2 Å². The van der Waals surface area contributed by atoms with Gasteiger partial charge in [-0.3, -0.25) is 0 Å². The van der Waals surface area contributed by atoms with Crippen molar-refractivity contribution in [1.29, 1.82) is 0 Å². The van der Waals surface area contributed by atoms with Crippen molar-refractivity contribution in [3.8, 4) is 0 Å². The Morgan fingerprint density at radius 3 is 2.93 bits per heavy atom. The van der Waals surface area contributed by atoms with Gasteiger partial charge in [0.15, 0.2) is 0 Å². The molecule has 0 saturated carbocycles. The summed E-state index contributed by atoms with van der Waals surface area (Å²) >= 11 is 0. The van der Waals surface area contributed by atoms with E-state index < -0.39 is 0 Å². The standard InChI is InChI=1S/C11H14N2O2/c1-8-5-4-6-12-11(8)13-9(2)7-10(14)15-3/h4-7H,1-3H3,(H,12,13). The fraction of sp³-hybridized carbons (Fsp3) is 0.273. The Hall–Kier alpha value is -1.84. The summed E-state index contributed by atoms with van der Waals surface area (Å²) in [4.78, 5) is 15.1. The van der Waals surface area contributed by atoms with Gasteiger partial charge in [0.05, 0.1) is 7.11 Å². The number of hydrogen-bond acceptors (Lipinski definition) is 4. The number of aryl methyl sites for hydroxylation is 1. The van der Waals surface area contributed by atoms with Crippen LogP contribution >= 0.6 is 0 Å². The average molecular weight is 206 g/mol. The second kappa shape index (κ2) is 5.14. The summed E-state index contributed by atoms with van der Waals surface area (Å²) in [6, 6.07) is 3.81. The molecule has 1 aromatic rings. The quantitative estimate of drug-likeness (QED) is 0.606. The number of rotatable bonds is 3. The van der Waals surface area contributed by atoms with E-state index in [1.807, 2.05) is 19.1 Å². The largest absolute Gasteiger partial charge is 0.466 e. The van der Waals surface area contributed by atoms with Crippen molar-refractivity contribution in [2.24, 2.45) is 0 Å². The van der Waals surface area contributed by atoms with Crippen LogP contribution in [-0.2, 0) is 9.53 Å². The third kappa shape index (κ3) is 3.42. The minimum absolute atomic E-state index is 0.381. The molecule has 0 spiro atoms. The van der Waals surface area contributed by atoms with Gasteiger partial charge < -0.3 is 10.1 Å². The minimum Gasteiger partial charge on any atom is -0.466 e. The van der Waals surface area contributed by atoms with Gasteiger partial charge in [-0.25, -0.2) is 9.78 Å². The lowest BCUT2D eigenvalue weighted by Crippen LogP contribution is -2.04. The first-order valence-electron chi connectivity index (χ1n) is 4.58. The van der Waals surface area contributed by atoms with Crippen molar-refractivity contribution in [1.82, 2.24) is 4.98 Å². The molecule has 0 aliphatic rings. The lowest BCUT2D eigenvalue weighted by atomic mass is 10.3. The highest BCUT2D eigenvalue weighted by Gasteiger charge is 2.00. The summed E-state index contributed by atoms with van der Waals surface area (Å²) in [6.07, 6.45) is 3.08. The SMILES string of the molecule is COC(=O)C=C(C)Nc1ncccc1C. The molecule has 1 heterocycles. The van der Waals surface area contributed by atoms with Gasteiger partial charge in [0, 0.05) is 18.0 Å². The zero-order valence-electron chi connectivity index (χ0n) is 9.07. The van der Waals surface area contributed by atoms with E-state index in [4.69, 9.17) is 0 Å². The zero-order chi connectivity index (χ0) is 11.3. The van der Waals surface area contributed by atoms with Crippen LogP contribution < -0.4 is 5.32 Å². The highest BCUT2D eigenvalue weighted by atomic mass is 16.5. The Kier molecular flexibility index (Phi) is 3.85. The molecule has 1 N–H and O–H groups in total. The first-order valence-corrected chi connectivity index (χ1v) is 4.58. The smallest absolute Gasteiger partial charge is 0.332 e. The number of esters is 1. The molecule has 4 heteroatoms. The first-order chi connectivity index (χ1) is 7.13. The molecule has 1 aromatic heterocycles. The monoisotopic (exact) mass is 206 g/mol. The number of carbonyl (C=O) groups excluding carboxylic acids is 1. The molecule has 0 aliphatic carbocycles. The van der Waals surface area contributed by atoms with Crippen LogP contribution in [0, 0.1) is 6.92 Å². The van der Waals surface area contributed by atoms with Gasteiger partial charge in [-0.1, -0.05) is 6.07 Å². The second-order valence-electron chi connectivity index (χ2n) is 3.14. The number of hydrogen-bond donors (Lipinski definition) is 1. The Morgan fingerprint density at radius 2 is 2.33 bits per heavy atom. The maximum absolute atomic E-state index is 10.9. The number of nitrogens with zero attached hydrogens (tertiary/aromatic N) is 1. The second-order valence-corrected chi connectivity index (χ2v) is 3.14. The van der Waals surface area contributed by atoms with E-state index in [2.05, 4.69) is 15.0 Å². The molecule has 0 fully saturated rings. The Bertz CT molecular complexity index is 386. The molecule has 0 radical (unpaired) electrons. The summed E-state index contributed by atoms with van der Waals surface area (Å²) in [5, 5.41) is 3.02. The maximum Gasteiger partial charge on any atom is 0.332 e. The lowest BCUT2D eigenvalue weighted by molar-refractivity contribution is -0.134. The Morgan fingerprint density at radius 1 is 1.60 bits per heavy atom. The van der Waals surface area contributed by atoms with Crippen LogP contribution in [0.15, 0.2) is 30.1 Å². The molecule has 4 nitrogen and oxygen atoms in total. The van der Waals surface area contributed by atoms with E-state index in [9.17, 15) is 4.79 Å². The molecule has 0 unspecified atom stereocenters. The summed E-state index contributed by atoms with van der Waals surface area (Å²) < 4.78 is 4.51. The normalized spacial score (nSPS) is 11.0. The molecule has 0 saturated heterocycles. The van der Waals surface area contributed by atoms with Gasteiger partial charge in [-0.05, 0) is 25.5 Å². The zero-order valence-corrected chi connectivity index (χ0v) is 9.07. The van der Waals surface area contributed by atoms with Crippen LogP contribution in [0.25, 0.3) is 0 Å². The van der Waals surface area contributed by atoms with Crippen molar-refractivity contribution in [2.75, 3.05) is 12.4 Å². The summed E-state index contributed by atoms with van der Waals surface area (Å²) in [6.45, 7) is 3.73. The van der Waals surface area contributed by atoms with E-state index in [1.54, 1.807) is 13.1 Å². The van der Waals surface area contributed by atoms with Crippen molar-refractivity contribution in [3.63, 3.8) is 0 Å². The van der Waals surface area contributed by atoms with Crippen molar-refractivity contribution >= 4 is 11.8 Å². The number of aromatic nitrogens is 1. The van der Waals surface area contributed by atoms with Crippen molar-refractivity contribution in [3.05, 3.63) is 35.7 Å². The highest BCUT2D eigenvalue weighted by Crippen LogP contribution is 2.11. The number of ether oxygens (including phenoxy) is 1. The van der Waals surface area contributed by atoms with Gasteiger partial charge in [0.1, 0.15) is 5.82 Å². The molecule has 0 bridgehead atoms. The maximum atomic E-state index is 10.9. The van der Waals surface area contributed by atoms with Crippen LogP contribution in [0.5, 0.6) is 0 Å². The number of allylic oxidation sites excluding steroid dienone is 1. The van der Waals surface area contributed by atoms with Gasteiger partial charge in [0.25, 0.3) is 0 Å². The number of anilines is 1. The topological polar surface area (TPSA) is 51.2 Å². The molecule has 15 heavy (non-hydrogen) atoms. The third-order valence-electron chi connectivity index (χ3n) is 1.86. The van der Waals surface area contributed by atoms with E-state index in [0.717, 1.165) is 11.4 Å². The highest BCUT2D eigenvalue weighted by molar-refractivity contribution is 5.83. The summed E-state index contributed by atoms with van der Waals surface area (Å²) in [5.41, 5.74) is 1.72. The fourth-order valence-electron chi connectivity index (χ4n) is 1.08. The number of carbonyl (C=O) groups is 1. The lowest BCUT2D eigenvalue weighted by Gasteiger charge is -2.07. The number of pyridine rings is 1. The first kappa shape index (κ1) is 11.2. The average Bonchev–Trinajstić information content (AvgIpc) is 2.21. The Labute approximate surface area is 89.0 Å². The molecule has 0 aliphatic heterocycles. The Balaban J connectivity index is 2.74. The predicted octanol–water partition coefficient (Wildman–Crippen LogP) is 1.88. The van der Waals surface area contributed by atoms with E-state index in [0.29, 0.717) is 5.70 Å². The van der Waals surface area contributed by atoms with Crippen LogP contribution in [-0.4, -0.2) is 18.1 Å². The molecule has 0 atom stereocenters. The van der Waals surface area contributed by atoms with Gasteiger partial charge in [0.2, 0.25) is 0 Å². The van der Waals surface area contributed by atoms with Crippen LogP contribution in [0.1, 0.15) is 12.5 Å². The fourth-order valence-corrected chi connectivity index (χ4v) is 1.08. The molecular formula is C11H14N2O2.